The highest BCUT2D eigenvalue weighted by Gasteiger charge is 2.25. The molecule has 1 saturated heterocycles. The summed E-state index contributed by atoms with van der Waals surface area (Å²) in [6.07, 6.45) is 5.86. The summed E-state index contributed by atoms with van der Waals surface area (Å²) in [5.41, 5.74) is 1.56. The molecule has 152 valence electrons. The van der Waals surface area contributed by atoms with Gasteiger partial charge in [-0.3, -0.25) is 9.48 Å². The maximum Gasteiger partial charge on any atom is 0.257 e. The Kier molecular flexibility index (Phi) is 6.00. The van der Waals surface area contributed by atoms with E-state index in [1.165, 1.54) is 0 Å². The predicted octanol–water partition coefficient (Wildman–Crippen LogP) is 2.82. The van der Waals surface area contributed by atoms with Crippen molar-refractivity contribution in [2.45, 2.75) is 38.8 Å². The number of aryl methyl sites for hydroxylation is 1. The molecule has 29 heavy (non-hydrogen) atoms. The van der Waals surface area contributed by atoms with E-state index in [0.717, 1.165) is 24.9 Å². The largest absolute Gasteiger partial charge is 0.378 e. The van der Waals surface area contributed by atoms with Gasteiger partial charge in [0, 0.05) is 37.8 Å². The number of benzene rings is 1. The van der Waals surface area contributed by atoms with Crippen LogP contribution in [0.25, 0.3) is 11.5 Å². The molecule has 0 N–H and O–H groups in total. The Morgan fingerprint density at radius 3 is 2.76 bits per heavy atom. The molecule has 8 nitrogen and oxygen atoms in total. The highest BCUT2D eigenvalue weighted by molar-refractivity contribution is 5.93. The van der Waals surface area contributed by atoms with E-state index < -0.39 is 0 Å². The molecule has 0 saturated carbocycles. The van der Waals surface area contributed by atoms with Crippen LogP contribution in [0.5, 0.6) is 0 Å². The molecule has 2 aromatic heterocycles. The van der Waals surface area contributed by atoms with Crippen LogP contribution in [0.1, 0.15) is 35.9 Å². The third-order valence-corrected chi connectivity index (χ3v) is 5.10. The van der Waals surface area contributed by atoms with E-state index in [-0.39, 0.29) is 12.0 Å². The summed E-state index contributed by atoms with van der Waals surface area (Å²) in [4.78, 5) is 18.9. The topological polar surface area (TPSA) is 86.3 Å². The Bertz CT molecular complexity index is 929. The number of likely N-dealkylation sites (tertiary alicyclic amines) is 1. The van der Waals surface area contributed by atoms with Crippen molar-refractivity contribution in [3.8, 4) is 11.5 Å². The lowest BCUT2D eigenvalue weighted by molar-refractivity contribution is 0.00947. The number of nitrogens with zero attached hydrogens (tertiary/aromatic N) is 5. The van der Waals surface area contributed by atoms with Crippen LogP contribution in [0.3, 0.4) is 0 Å². The smallest absolute Gasteiger partial charge is 0.257 e. The molecular weight excluding hydrogens is 370 g/mol. The predicted molar refractivity (Wildman–Crippen MR) is 106 cm³/mol. The Morgan fingerprint density at radius 1 is 1.24 bits per heavy atom. The Labute approximate surface area is 169 Å². The molecule has 0 atom stereocenters. The summed E-state index contributed by atoms with van der Waals surface area (Å²) in [5.74, 6) is 1.21. The van der Waals surface area contributed by atoms with Crippen molar-refractivity contribution in [1.29, 1.82) is 0 Å². The van der Waals surface area contributed by atoms with Gasteiger partial charge in [0.1, 0.15) is 0 Å². The fraction of sp³-hybridized carbons (Fsp3) is 0.429. The molecule has 1 aliphatic heterocycles. The highest BCUT2D eigenvalue weighted by Crippen LogP contribution is 2.18. The molecule has 1 aromatic carbocycles. The average Bonchev–Trinajstić information content (AvgIpc) is 3.44. The number of carbonyl (C=O) groups is 1. The van der Waals surface area contributed by atoms with E-state index in [2.05, 4.69) is 15.2 Å². The number of carbonyl (C=O) groups excluding carboxylic acids is 1. The van der Waals surface area contributed by atoms with Gasteiger partial charge in [0.15, 0.2) is 5.82 Å². The Hall–Kier alpha value is -3.00. The molecule has 0 bridgehead atoms. The SMILES string of the molecule is CCn1cc(C(=O)N2CCC(OCCc3noc(-c4ccccc4)n3)CC2)cn1. The number of rotatable bonds is 7. The third kappa shape index (κ3) is 4.71. The van der Waals surface area contributed by atoms with Crippen LogP contribution in [0.15, 0.2) is 47.2 Å². The monoisotopic (exact) mass is 395 g/mol. The zero-order chi connectivity index (χ0) is 20.1. The van der Waals surface area contributed by atoms with E-state index in [4.69, 9.17) is 9.26 Å². The van der Waals surface area contributed by atoms with Gasteiger partial charge in [-0.05, 0) is 31.9 Å². The first-order valence-electron chi connectivity index (χ1n) is 10.0. The quantitative estimate of drug-likeness (QED) is 0.611. The minimum absolute atomic E-state index is 0.0448. The molecule has 0 aliphatic carbocycles. The second-order valence-corrected chi connectivity index (χ2v) is 7.08. The number of piperidine rings is 1. The summed E-state index contributed by atoms with van der Waals surface area (Å²) in [6, 6.07) is 9.71. The summed E-state index contributed by atoms with van der Waals surface area (Å²) < 4.78 is 13.1. The van der Waals surface area contributed by atoms with Gasteiger partial charge in [-0.1, -0.05) is 23.4 Å². The van der Waals surface area contributed by atoms with E-state index in [1.54, 1.807) is 17.1 Å². The minimum atomic E-state index is 0.0448. The molecule has 3 heterocycles. The van der Waals surface area contributed by atoms with E-state index in [0.29, 0.717) is 43.4 Å². The molecule has 0 unspecified atom stereocenters. The fourth-order valence-electron chi connectivity index (χ4n) is 3.43. The van der Waals surface area contributed by atoms with Crippen molar-refractivity contribution in [2.24, 2.45) is 0 Å². The molecular formula is C21H25N5O3. The number of amides is 1. The van der Waals surface area contributed by atoms with Crippen LogP contribution in [0.2, 0.25) is 0 Å². The van der Waals surface area contributed by atoms with Crippen molar-refractivity contribution in [2.75, 3.05) is 19.7 Å². The Balaban J connectivity index is 1.20. The average molecular weight is 395 g/mol. The summed E-state index contributed by atoms with van der Waals surface area (Å²) in [7, 11) is 0. The second kappa shape index (κ2) is 9.00. The lowest BCUT2D eigenvalue weighted by atomic mass is 10.1. The van der Waals surface area contributed by atoms with Crippen molar-refractivity contribution < 1.29 is 14.1 Å². The molecule has 4 rings (SSSR count). The fourth-order valence-corrected chi connectivity index (χ4v) is 3.43. The molecule has 1 aliphatic rings. The van der Waals surface area contributed by atoms with Gasteiger partial charge in [-0.2, -0.15) is 10.1 Å². The molecule has 3 aromatic rings. The van der Waals surface area contributed by atoms with Crippen molar-refractivity contribution >= 4 is 5.91 Å². The van der Waals surface area contributed by atoms with E-state index in [1.807, 2.05) is 42.2 Å². The highest BCUT2D eigenvalue weighted by atomic mass is 16.5. The Morgan fingerprint density at radius 2 is 2.03 bits per heavy atom. The number of ether oxygens (including phenoxy) is 1. The van der Waals surface area contributed by atoms with Gasteiger partial charge < -0.3 is 14.2 Å². The van der Waals surface area contributed by atoms with Gasteiger partial charge in [-0.15, -0.1) is 0 Å². The van der Waals surface area contributed by atoms with Crippen molar-refractivity contribution in [3.05, 3.63) is 54.1 Å². The maximum atomic E-state index is 12.6. The first kappa shape index (κ1) is 19.3. The van der Waals surface area contributed by atoms with Gasteiger partial charge in [-0.25, -0.2) is 0 Å². The normalized spacial score (nSPS) is 15.0. The van der Waals surface area contributed by atoms with Crippen LogP contribution in [0.4, 0.5) is 0 Å². The lowest BCUT2D eigenvalue weighted by Gasteiger charge is -2.31. The van der Waals surface area contributed by atoms with E-state index in [9.17, 15) is 4.79 Å². The second-order valence-electron chi connectivity index (χ2n) is 7.08. The molecule has 8 heteroatoms. The zero-order valence-corrected chi connectivity index (χ0v) is 16.5. The molecule has 1 amide bonds. The van der Waals surface area contributed by atoms with Gasteiger partial charge >= 0.3 is 0 Å². The summed E-state index contributed by atoms with van der Waals surface area (Å²) >= 11 is 0. The van der Waals surface area contributed by atoms with Crippen LogP contribution >= 0.6 is 0 Å². The number of hydrogen-bond donors (Lipinski definition) is 0. The van der Waals surface area contributed by atoms with Crippen molar-refractivity contribution in [3.63, 3.8) is 0 Å². The van der Waals surface area contributed by atoms with Gasteiger partial charge in [0.25, 0.3) is 11.8 Å². The van der Waals surface area contributed by atoms with E-state index >= 15 is 0 Å². The first-order valence-corrected chi connectivity index (χ1v) is 10.0. The first-order chi connectivity index (χ1) is 14.2. The minimum Gasteiger partial charge on any atom is -0.378 e. The number of hydrogen-bond acceptors (Lipinski definition) is 6. The summed E-state index contributed by atoms with van der Waals surface area (Å²) in [6.45, 7) is 4.69. The van der Waals surface area contributed by atoms with Gasteiger partial charge in [0.05, 0.1) is 24.5 Å². The van der Waals surface area contributed by atoms with Crippen molar-refractivity contribution in [1.82, 2.24) is 24.8 Å². The van der Waals surface area contributed by atoms with Crippen LogP contribution in [-0.4, -0.2) is 56.5 Å². The van der Waals surface area contributed by atoms with Crippen LogP contribution in [-0.2, 0) is 17.7 Å². The molecule has 0 spiro atoms. The van der Waals surface area contributed by atoms with Gasteiger partial charge in [0.2, 0.25) is 0 Å². The molecule has 0 radical (unpaired) electrons. The lowest BCUT2D eigenvalue weighted by Crippen LogP contribution is -2.41. The van der Waals surface area contributed by atoms with Crippen LogP contribution < -0.4 is 0 Å². The number of aromatic nitrogens is 4. The molecule has 1 fully saturated rings. The van der Waals surface area contributed by atoms with Crippen LogP contribution in [0, 0.1) is 0 Å². The maximum absolute atomic E-state index is 12.6. The third-order valence-electron chi connectivity index (χ3n) is 5.10. The standard InChI is InChI=1S/C21H25N5O3/c1-2-26-15-17(14-22-26)21(27)25-11-8-18(9-12-25)28-13-10-19-23-20(29-24-19)16-6-4-3-5-7-16/h3-7,14-15,18H,2,8-13H2,1H3. The summed E-state index contributed by atoms with van der Waals surface area (Å²) in [5, 5.41) is 8.21. The zero-order valence-electron chi connectivity index (χ0n) is 16.5.